The molecule has 108 valence electrons. The van der Waals surface area contributed by atoms with Crippen LogP contribution < -0.4 is 5.32 Å². The number of carbonyl (C=O) groups is 2. The molecule has 0 aromatic rings. The van der Waals surface area contributed by atoms with E-state index >= 15 is 0 Å². The molecule has 2 fully saturated rings. The van der Waals surface area contributed by atoms with E-state index < -0.39 is 11.5 Å². The van der Waals surface area contributed by atoms with Gasteiger partial charge in [-0.2, -0.15) is 11.8 Å². The minimum absolute atomic E-state index is 0.196. The van der Waals surface area contributed by atoms with Crippen LogP contribution in [0.15, 0.2) is 0 Å². The van der Waals surface area contributed by atoms with Gasteiger partial charge in [-0.05, 0) is 43.6 Å². The van der Waals surface area contributed by atoms with Crippen molar-refractivity contribution in [1.29, 1.82) is 0 Å². The van der Waals surface area contributed by atoms with Crippen molar-refractivity contribution < 1.29 is 14.7 Å². The molecule has 2 rings (SSSR count). The van der Waals surface area contributed by atoms with E-state index in [1.807, 2.05) is 18.7 Å². The lowest BCUT2D eigenvalue weighted by molar-refractivity contribution is -0.148. The van der Waals surface area contributed by atoms with E-state index in [4.69, 9.17) is 0 Å². The molecule has 5 nitrogen and oxygen atoms in total. The standard InChI is InChI=1S/C13H22N2O3S/c1-2-13(11(16)17)6-3-7-15(13)12(18)14-10-4-8-19-9-5-10/h10H,2-9H2,1H3,(H,14,18)(H,16,17). The van der Waals surface area contributed by atoms with E-state index in [0.29, 0.717) is 19.4 Å². The molecular formula is C13H22N2O3S. The summed E-state index contributed by atoms with van der Waals surface area (Å²) in [5, 5.41) is 12.5. The smallest absolute Gasteiger partial charge is 0.329 e. The first-order valence-electron chi connectivity index (χ1n) is 6.99. The Labute approximate surface area is 118 Å². The van der Waals surface area contributed by atoms with Gasteiger partial charge in [0.05, 0.1) is 0 Å². The largest absolute Gasteiger partial charge is 0.479 e. The quantitative estimate of drug-likeness (QED) is 0.831. The van der Waals surface area contributed by atoms with Gasteiger partial charge in [-0.25, -0.2) is 9.59 Å². The third kappa shape index (κ3) is 2.83. The maximum Gasteiger partial charge on any atom is 0.329 e. The van der Waals surface area contributed by atoms with E-state index in [-0.39, 0.29) is 12.1 Å². The Kier molecular flexibility index (Phi) is 4.60. The Morgan fingerprint density at radius 3 is 2.68 bits per heavy atom. The fourth-order valence-corrected chi connectivity index (χ4v) is 4.12. The van der Waals surface area contributed by atoms with Crippen LogP contribution in [0.4, 0.5) is 4.79 Å². The van der Waals surface area contributed by atoms with Crippen molar-refractivity contribution in [3.63, 3.8) is 0 Å². The number of nitrogens with zero attached hydrogens (tertiary/aromatic N) is 1. The zero-order valence-electron chi connectivity index (χ0n) is 11.4. The minimum atomic E-state index is -0.993. The molecule has 0 saturated carbocycles. The van der Waals surface area contributed by atoms with Crippen molar-refractivity contribution in [1.82, 2.24) is 10.2 Å². The average molecular weight is 286 g/mol. The molecule has 0 radical (unpaired) electrons. The molecule has 2 saturated heterocycles. The highest BCUT2D eigenvalue weighted by Gasteiger charge is 2.48. The summed E-state index contributed by atoms with van der Waals surface area (Å²) in [7, 11) is 0. The van der Waals surface area contributed by atoms with Crippen LogP contribution in [0, 0.1) is 0 Å². The van der Waals surface area contributed by atoms with E-state index in [9.17, 15) is 14.7 Å². The maximum atomic E-state index is 12.3. The lowest BCUT2D eigenvalue weighted by Crippen LogP contribution is -2.57. The summed E-state index contributed by atoms with van der Waals surface area (Å²) in [6.45, 7) is 2.39. The van der Waals surface area contributed by atoms with Crippen LogP contribution in [-0.4, -0.2) is 51.6 Å². The third-order valence-electron chi connectivity index (χ3n) is 4.27. The Hall–Kier alpha value is -0.910. The van der Waals surface area contributed by atoms with Gasteiger partial charge in [-0.15, -0.1) is 0 Å². The summed E-state index contributed by atoms with van der Waals surface area (Å²) in [4.78, 5) is 25.4. The number of urea groups is 1. The molecule has 2 aliphatic heterocycles. The Morgan fingerprint density at radius 2 is 2.11 bits per heavy atom. The first kappa shape index (κ1) is 14.5. The maximum absolute atomic E-state index is 12.3. The number of carboxylic acids is 1. The fraction of sp³-hybridized carbons (Fsp3) is 0.846. The zero-order valence-corrected chi connectivity index (χ0v) is 12.2. The van der Waals surface area contributed by atoms with Crippen LogP contribution >= 0.6 is 11.8 Å². The number of amides is 2. The van der Waals surface area contributed by atoms with Gasteiger partial charge in [0.25, 0.3) is 0 Å². The van der Waals surface area contributed by atoms with Gasteiger partial charge >= 0.3 is 12.0 Å². The molecule has 1 atom stereocenters. The third-order valence-corrected chi connectivity index (χ3v) is 5.31. The molecule has 2 N–H and O–H groups in total. The van der Waals surface area contributed by atoms with Crippen molar-refractivity contribution >= 4 is 23.8 Å². The van der Waals surface area contributed by atoms with Crippen molar-refractivity contribution in [3.8, 4) is 0 Å². The minimum Gasteiger partial charge on any atom is -0.479 e. The summed E-state index contributed by atoms with van der Waals surface area (Å²) < 4.78 is 0. The summed E-state index contributed by atoms with van der Waals surface area (Å²) in [6.07, 6.45) is 3.77. The molecule has 0 aromatic heterocycles. The molecule has 6 heteroatoms. The summed E-state index contributed by atoms with van der Waals surface area (Å²) in [6, 6.07) is 0.0105. The average Bonchev–Trinajstić information content (AvgIpc) is 2.85. The summed E-state index contributed by atoms with van der Waals surface area (Å²) >= 11 is 1.91. The van der Waals surface area contributed by atoms with Gasteiger partial charge in [-0.1, -0.05) is 6.92 Å². The van der Waals surface area contributed by atoms with E-state index in [2.05, 4.69) is 5.32 Å². The van der Waals surface area contributed by atoms with Crippen LogP contribution in [0.5, 0.6) is 0 Å². The highest BCUT2D eigenvalue weighted by Crippen LogP contribution is 2.33. The molecule has 0 spiro atoms. The van der Waals surface area contributed by atoms with Gasteiger partial charge in [0.15, 0.2) is 0 Å². The van der Waals surface area contributed by atoms with Gasteiger partial charge in [0, 0.05) is 12.6 Å². The van der Waals surface area contributed by atoms with Gasteiger partial charge in [0.1, 0.15) is 5.54 Å². The Balaban J connectivity index is 2.02. The second kappa shape index (κ2) is 6.03. The molecule has 2 aliphatic rings. The number of hydrogen-bond acceptors (Lipinski definition) is 3. The van der Waals surface area contributed by atoms with E-state index in [1.54, 1.807) is 0 Å². The topological polar surface area (TPSA) is 69.6 Å². The first-order valence-corrected chi connectivity index (χ1v) is 8.15. The van der Waals surface area contributed by atoms with Crippen LogP contribution in [0.2, 0.25) is 0 Å². The summed E-state index contributed by atoms with van der Waals surface area (Å²) in [5.41, 5.74) is -0.993. The van der Waals surface area contributed by atoms with Crippen LogP contribution in [0.1, 0.15) is 39.0 Å². The molecule has 1 unspecified atom stereocenters. The second-order valence-corrected chi connectivity index (χ2v) is 6.51. The molecule has 2 amide bonds. The Morgan fingerprint density at radius 1 is 1.42 bits per heavy atom. The molecule has 0 aromatic carbocycles. The van der Waals surface area contributed by atoms with Crippen molar-refractivity contribution in [3.05, 3.63) is 0 Å². The number of rotatable bonds is 3. The molecule has 0 aliphatic carbocycles. The van der Waals surface area contributed by atoms with Crippen molar-refractivity contribution in [2.45, 2.75) is 50.6 Å². The van der Waals surface area contributed by atoms with Gasteiger partial charge < -0.3 is 15.3 Å². The van der Waals surface area contributed by atoms with Crippen LogP contribution in [0.3, 0.4) is 0 Å². The predicted octanol–water partition coefficient (Wildman–Crippen LogP) is 1.92. The van der Waals surface area contributed by atoms with Gasteiger partial charge in [0.2, 0.25) is 0 Å². The molecule has 0 bridgehead atoms. The highest BCUT2D eigenvalue weighted by atomic mass is 32.2. The van der Waals surface area contributed by atoms with Crippen LogP contribution in [-0.2, 0) is 4.79 Å². The van der Waals surface area contributed by atoms with Gasteiger partial charge in [-0.3, -0.25) is 0 Å². The normalized spacial score (nSPS) is 28.4. The number of thioether (sulfide) groups is 1. The number of carbonyl (C=O) groups excluding carboxylic acids is 1. The molecule has 19 heavy (non-hydrogen) atoms. The lowest BCUT2D eigenvalue weighted by atomic mass is 9.93. The highest BCUT2D eigenvalue weighted by molar-refractivity contribution is 7.99. The monoisotopic (exact) mass is 286 g/mol. The van der Waals surface area contributed by atoms with E-state index in [0.717, 1.165) is 30.8 Å². The van der Waals surface area contributed by atoms with E-state index in [1.165, 1.54) is 4.90 Å². The summed E-state index contributed by atoms with van der Waals surface area (Å²) in [5.74, 6) is 1.27. The molecular weight excluding hydrogens is 264 g/mol. The zero-order chi connectivity index (χ0) is 13.9. The predicted molar refractivity (Wildman–Crippen MR) is 75.5 cm³/mol. The number of hydrogen-bond donors (Lipinski definition) is 2. The first-order chi connectivity index (χ1) is 9.10. The number of aliphatic carboxylic acids is 1. The fourth-order valence-electron chi connectivity index (χ4n) is 3.01. The number of carboxylic acid groups (broad SMARTS) is 1. The second-order valence-electron chi connectivity index (χ2n) is 5.28. The number of likely N-dealkylation sites (tertiary alicyclic amines) is 1. The van der Waals surface area contributed by atoms with Crippen molar-refractivity contribution in [2.24, 2.45) is 0 Å². The van der Waals surface area contributed by atoms with Crippen LogP contribution in [0.25, 0.3) is 0 Å². The van der Waals surface area contributed by atoms with Crippen molar-refractivity contribution in [2.75, 3.05) is 18.1 Å². The molecule has 2 heterocycles. The lowest BCUT2D eigenvalue weighted by Gasteiger charge is -2.35. The number of nitrogens with one attached hydrogen (secondary N) is 1. The Bertz CT molecular complexity index is 358. The SMILES string of the molecule is CCC1(C(=O)O)CCCN1C(=O)NC1CCSCC1.